The second-order valence-electron chi connectivity index (χ2n) is 7.58. The SMILES string of the molecule is CCNC(=NCCCN1CCN(c2ncccn2)CC1)N(C)Cc1cc(Cl)cn1C.I. The summed E-state index contributed by atoms with van der Waals surface area (Å²) < 4.78 is 2.06. The number of halogens is 2. The highest BCUT2D eigenvalue weighted by molar-refractivity contribution is 14.0. The number of aryl methyl sites for hydroxylation is 1. The molecule has 0 saturated carbocycles. The lowest BCUT2D eigenvalue weighted by atomic mass is 10.3. The van der Waals surface area contributed by atoms with Gasteiger partial charge in [0.05, 0.1) is 11.6 Å². The van der Waals surface area contributed by atoms with Crippen LogP contribution in [-0.2, 0) is 13.6 Å². The Kier molecular flexibility index (Phi) is 10.8. The molecule has 1 fully saturated rings. The number of hydrogen-bond donors (Lipinski definition) is 1. The van der Waals surface area contributed by atoms with Gasteiger partial charge in [-0.2, -0.15) is 0 Å². The Labute approximate surface area is 207 Å². The number of nitrogens with zero attached hydrogens (tertiary/aromatic N) is 7. The predicted molar refractivity (Wildman–Crippen MR) is 139 cm³/mol. The molecule has 8 nitrogen and oxygen atoms in total. The molecule has 0 unspecified atom stereocenters. The number of aromatic nitrogens is 3. The Morgan fingerprint density at radius 1 is 1.23 bits per heavy atom. The molecule has 2 aromatic heterocycles. The Balaban J connectivity index is 0.00000341. The van der Waals surface area contributed by atoms with Crippen LogP contribution in [0, 0.1) is 0 Å². The Bertz CT molecular complexity index is 805. The van der Waals surface area contributed by atoms with Crippen LogP contribution in [0.3, 0.4) is 0 Å². The van der Waals surface area contributed by atoms with Gasteiger partial charge in [0.1, 0.15) is 0 Å². The maximum absolute atomic E-state index is 6.11. The van der Waals surface area contributed by atoms with Gasteiger partial charge in [-0.05, 0) is 25.5 Å². The van der Waals surface area contributed by atoms with Crippen LogP contribution in [0.25, 0.3) is 0 Å². The van der Waals surface area contributed by atoms with Crippen LogP contribution >= 0.6 is 35.6 Å². The van der Waals surface area contributed by atoms with E-state index in [0.29, 0.717) is 0 Å². The molecule has 1 aliphatic rings. The first kappa shape index (κ1) is 25.7. The largest absolute Gasteiger partial charge is 0.357 e. The van der Waals surface area contributed by atoms with Crippen LogP contribution in [0.2, 0.25) is 5.02 Å². The van der Waals surface area contributed by atoms with Crippen molar-refractivity contribution in [3.8, 4) is 0 Å². The zero-order valence-electron chi connectivity index (χ0n) is 18.7. The summed E-state index contributed by atoms with van der Waals surface area (Å²) in [6, 6.07) is 3.86. The standard InChI is InChI=1S/C21H33ClN8.HI/c1-4-23-20(28(3)17-19-15-18(22)16-27(19)2)24-9-6-10-29-11-13-30(14-12-29)21-25-7-5-8-26-21;/h5,7-8,15-16H,4,6,9-14,17H2,1-3H3,(H,23,24);1H. The normalized spacial score (nSPS) is 15.0. The van der Waals surface area contributed by atoms with E-state index in [2.05, 4.69) is 48.5 Å². The van der Waals surface area contributed by atoms with Crippen LogP contribution in [0.4, 0.5) is 5.95 Å². The van der Waals surface area contributed by atoms with Gasteiger partial charge in [0.25, 0.3) is 0 Å². The number of nitrogens with one attached hydrogen (secondary N) is 1. The van der Waals surface area contributed by atoms with Crippen molar-refractivity contribution in [2.24, 2.45) is 12.0 Å². The summed E-state index contributed by atoms with van der Waals surface area (Å²) in [7, 11) is 4.08. The number of guanidine groups is 1. The minimum Gasteiger partial charge on any atom is -0.357 e. The molecule has 0 aromatic carbocycles. The van der Waals surface area contributed by atoms with Crippen molar-refractivity contribution in [2.75, 3.05) is 57.8 Å². The molecule has 0 spiro atoms. The third kappa shape index (κ3) is 7.80. The monoisotopic (exact) mass is 560 g/mol. The van der Waals surface area contributed by atoms with E-state index in [-0.39, 0.29) is 24.0 Å². The fourth-order valence-corrected chi connectivity index (χ4v) is 3.89. The molecule has 2 aromatic rings. The van der Waals surface area contributed by atoms with Crippen molar-refractivity contribution in [1.82, 2.24) is 29.7 Å². The summed E-state index contributed by atoms with van der Waals surface area (Å²) in [6.07, 6.45) is 6.58. The zero-order valence-corrected chi connectivity index (χ0v) is 21.8. The van der Waals surface area contributed by atoms with Gasteiger partial charge in [-0.15, -0.1) is 24.0 Å². The van der Waals surface area contributed by atoms with Crippen molar-refractivity contribution < 1.29 is 0 Å². The fraction of sp³-hybridized carbons (Fsp3) is 0.571. The second kappa shape index (κ2) is 13.1. The number of rotatable bonds is 8. The molecule has 1 N–H and O–H groups in total. The van der Waals surface area contributed by atoms with E-state index in [4.69, 9.17) is 16.6 Å². The Morgan fingerprint density at radius 2 is 1.94 bits per heavy atom. The summed E-state index contributed by atoms with van der Waals surface area (Å²) >= 11 is 6.11. The highest BCUT2D eigenvalue weighted by atomic mass is 127. The highest BCUT2D eigenvalue weighted by Crippen LogP contribution is 2.14. The quantitative estimate of drug-likeness (QED) is 0.232. The van der Waals surface area contributed by atoms with Gasteiger partial charge >= 0.3 is 0 Å². The fourth-order valence-electron chi connectivity index (χ4n) is 3.62. The third-order valence-corrected chi connectivity index (χ3v) is 5.48. The van der Waals surface area contributed by atoms with Gasteiger partial charge in [-0.3, -0.25) is 9.89 Å². The van der Waals surface area contributed by atoms with E-state index >= 15 is 0 Å². The first-order chi connectivity index (χ1) is 14.6. The van der Waals surface area contributed by atoms with E-state index in [1.807, 2.05) is 25.4 Å². The van der Waals surface area contributed by atoms with E-state index in [1.54, 1.807) is 12.4 Å². The minimum absolute atomic E-state index is 0. The van der Waals surface area contributed by atoms with Crippen LogP contribution in [-0.4, -0.2) is 83.2 Å². The Morgan fingerprint density at radius 3 is 2.55 bits per heavy atom. The van der Waals surface area contributed by atoms with Crippen LogP contribution < -0.4 is 10.2 Å². The van der Waals surface area contributed by atoms with Crippen molar-refractivity contribution in [3.05, 3.63) is 41.4 Å². The number of piperazine rings is 1. The zero-order chi connectivity index (χ0) is 21.3. The number of anilines is 1. The number of aliphatic imine (C=N–C) groups is 1. The van der Waals surface area contributed by atoms with Crippen LogP contribution in [0.1, 0.15) is 19.0 Å². The molecular weight excluding hydrogens is 527 g/mol. The van der Waals surface area contributed by atoms with Gasteiger partial charge in [0.2, 0.25) is 5.95 Å². The predicted octanol–water partition coefficient (Wildman–Crippen LogP) is 2.70. The van der Waals surface area contributed by atoms with Gasteiger partial charge in [-0.25, -0.2) is 9.97 Å². The molecule has 3 rings (SSSR count). The molecule has 0 radical (unpaired) electrons. The lowest BCUT2D eigenvalue weighted by Gasteiger charge is -2.34. The average molecular weight is 561 g/mol. The molecule has 10 heteroatoms. The average Bonchev–Trinajstić information content (AvgIpc) is 3.07. The maximum Gasteiger partial charge on any atom is 0.225 e. The second-order valence-corrected chi connectivity index (χ2v) is 8.02. The summed E-state index contributed by atoms with van der Waals surface area (Å²) in [5, 5.41) is 4.16. The Hall–Kier alpha value is -1.59. The van der Waals surface area contributed by atoms with Gasteiger partial charge < -0.3 is 19.7 Å². The molecular formula is C21H34ClIN8. The molecule has 3 heterocycles. The van der Waals surface area contributed by atoms with Crippen LogP contribution in [0.5, 0.6) is 0 Å². The molecule has 31 heavy (non-hydrogen) atoms. The van der Waals surface area contributed by atoms with Crippen LogP contribution in [0.15, 0.2) is 35.7 Å². The van der Waals surface area contributed by atoms with Crippen molar-refractivity contribution >= 4 is 47.5 Å². The molecule has 0 amide bonds. The molecule has 1 saturated heterocycles. The topological polar surface area (TPSA) is 64.8 Å². The molecule has 172 valence electrons. The minimum atomic E-state index is 0. The summed E-state index contributed by atoms with van der Waals surface area (Å²) in [5.41, 5.74) is 1.16. The summed E-state index contributed by atoms with van der Waals surface area (Å²) in [5.74, 6) is 1.76. The molecule has 0 bridgehead atoms. The first-order valence-corrected chi connectivity index (χ1v) is 11.0. The van der Waals surface area contributed by atoms with E-state index in [1.165, 1.54) is 0 Å². The van der Waals surface area contributed by atoms with E-state index in [9.17, 15) is 0 Å². The summed E-state index contributed by atoms with van der Waals surface area (Å²) in [6.45, 7) is 9.59. The van der Waals surface area contributed by atoms with E-state index < -0.39 is 0 Å². The third-order valence-electron chi connectivity index (χ3n) is 5.27. The molecule has 1 aliphatic heterocycles. The van der Waals surface area contributed by atoms with E-state index in [0.717, 1.165) is 81.4 Å². The van der Waals surface area contributed by atoms with Crippen molar-refractivity contribution in [3.63, 3.8) is 0 Å². The smallest absolute Gasteiger partial charge is 0.225 e. The van der Waals surface area contributed by atoms with Gasteiger partial charge in [-0.1, -0.05) is 11.6 Å². The number of hydrogen-bond acceptors (Lipinski definition) is 5. The molecule has 0 aliphatic carbocycles. The maximum atomic E-state index is 6.11. The van der Waals surface area contributed by atoms with Crippen molar-refractivity contribution in [2.45, 2.75) is 19.9 Å². The lowest BCUT2D eigenvalue weighted by Crippen LogP contribution is -2.47. The summed E-state index contributed by atoms with van der Waals surface area (Å²) in [4.78, 5) is 20.4. The highest BCUT2D eigenvalue weighted by Gasteiger charge is 2.18. The first-order valence-electron chi connectivity index (χ1n) is 10.6. The van der Waals surface area contributed by atoms with Gasteiger partial charge in [0, 0.05) is 84.2 Å². The van der Waals surface area contributed by atoms with Gasteiger partial charge in [0.15, 0.2) is 5.96 Å². The van der Waals surface area contributed by atoms with Crippen molar-refractivity contribution in [1.29, 1.82) is 0 Å². The lowest BCUT2D eigenvalue weighted by molar-refractivity contribution is 0.255. The molecule has 0 atom stereocenters.